The summed E-state index contributed by atoms with van der Waals surface area (Å²) in [5.41, 5.74) is 0.904. The molecule has 2 amide bonds. The number of amides is 2. The van der Waals surface area contributed by atoms with Gasteiger partial charge in [0, 0.05) is 19.2 Å². The summed E-state index contributed by atoms with van der Waals surface area (Å²) in [5.74, 6) is -0.580. The van der Waals surface area contributed by atoms with Crippen molar-refractivity contribution in [1.29, 1.82) is 0 Å². The molecule has 1 aromatic heterocycles. The highest BCUT2D eigenvalue weighted by molar-refractivity contribution is 6.30. The SMILES string of the molecule is Cc1nn(C)c(Cl)c1CN1CC(=O)NC(=O)C1(C)C. The second-order valence-corrected chi connectivity index (χ2v) is 5.63. The van der Waals surface area contributed by atoms with Gasteiger partial charge in [-0.25, -0.2) is 0 Å². The Labute approximate surface area is 116 Å². The van der Waals surface area contributed by atoms with Crippen LogP contribution in [0, 0.1) is 6.92 Å². The molecule has 1 aromatic rings. The smallest absolute Gasteiger partial charge is 0.246 e. The third-order valence-corrected chi connectivity index (χ3v) is 4.03. The number of imide groups is 1. The molecule has 2 rings (SSSR count). The number of halogens is 1. The molecule has 1 N–H and O–H groups in total. The van der Waals surface area contributed by atoms with Gasteiger partial charge in [-0.3, -0.25) is 24.5 Å². The van der Waals surface area contributed by atoms with Crippen LogP contribution >= 0.6 is 11.6 Å². The van der Waals surface area contributed by atoms with Gasteiger partial charge in [0.2, 0.25) is 11.8 Å². The molecule has 2 heterocycles. The lowest BCUT2D eigenvalue weighted by Gasteiger charge is -2.40. The van der Waals surface area contributed by atoms with Gasteiger partial charge in [-0.2, -0.15) is 5.10 Å². The number of aryl methyl sites for hydroxylation is 2. The van der Waals surface area contributed by atoms with E-state index in [1.807, 2.05) is 11.8 Å². The molecule has 0 aromatic carbocycles. The molecule has 7 heteroatoms. The molecule has 1 aliphatic rings. The van der Waals surface area contributed by atoms with Crippen LogP contribution in [0.1, 0.15) is 25.1 Å². The first kappa shape index (κ1) is 14.0. The summed E-state index contributed by atoms with van der Waals surface area (Å²) in [4.78, 5) is 25.2. The van der Waals surface area contributed by atoms with Crippen molar-refractivity contribution in [3.05, 3.63) is 16.4 Å². The molecule has 0 radical (unpaired) electrons. The van der Waals surface area contributed by atoms with Gasteiger partial charge >= 0.3 is 0 Å². The molecule has 0 aliphatic carbocycles. The van der Waals surface area contributed by atoms with E-state index < -0.39 is 5.54 Å². The number of hydrogen-bond acceptors (Lipinski definition) is 4. The third-order valence-electron chi connectivity index (χ3n) is 3.55. The molecule has 104 valence electrons. The minimum absolute atomic E-state index is 0.170. The number of carbonyl (C=O) groups is 2. The monoisotopic (exact) mass is 284 g/mol. The highest BCUT2D eigenvalue weighted by Crippen LogP contribution is 2.26. The Morgan fingerprint density at radius 3 is 2.58 bits per heavy atom. The van der Waals surface area contributed by atoms with E-state index in [9.17, 15) is 9.59 Å². The van der Waals surface area contributed by atoms with Crippen LogP contribution in [-0.4, -0.2) is 38.6 Å². The number of carbonyl (C=O) groups excluding carboxylic acids is 2. The fourth-order valence-corrected chi connectivity index (χ4v) is 2.37. The van der Waals surface area contributed by atoms with Crippen molar-refractivity contribution in [2.45, 2.75) is 32.9 Å². The van der Waals surface area contributed by atoms with Crippen LogP contribution in [-0.2, 0) is 23.2 Å². The third kappa shape index (κ3) is 2.37. The van der Waals surface area contributed by atoms with Crippen molar-refractivity contribution in [2.24, 2.45) is 7.05 Å². The minimum atomic E-state index is -0.750. The van der Waals surface area contributed by atoms with E-state index in [4.69, 9.17) is 11.6 Å². The first-order valence-electron chi connectivity index (χ1n) is 6.00. The zero-order valence-corrected chi connectivity index (χ0v) is 12.2. The number of rotatable bonds is 2. The summed E-state index contributed by atoms with van der Waals surface area (Å²) >= 11 is 6.19. The van der Waals surface area contributed by atoms with Crippen LogP contribution in [0.25, 0.3) is 0 Å². The van der Waals surface area contributed by atoms with E-state index in [1.54, 1.807) is 25.6 Å². The molecule has 0 atom stereocenters. The van der Waals surface area contributed by atoms with Crippen LogP contribution in [0.5, 0.6) is 0 Å². The molecule has 1 saturated heterocycles. The van der Waals surface area contributed by atoms with Crippen LogP contribution in [0.3, 0.4) is 0 Å². The van der Waals surface area contributed by atoms with E-state index in [-0.39, 0.29) is 18.4 Å². The number of nitrogens with zero attached hydrogens (tertiary/aromatic N) is 3. The standard InChI is InChI=1S/C12H17ClN4O2/c1-7-8(10(13)16(4)15-7)5-17-6-9(18)14-11(19)12(17,2)3/h5-6H2,1-4H3,(H,14,18,19). The lowest BCUT2D eigenvalue weighted by molar-refractivity contribution is -0.145. The number of nitrogens with one attached hydrogen (secondary N) is 1. The van der Waals surface area contributed by atoms with Gasteiger partial charge in [-0.05, 0) is 20.8 Å². The maximum Gasteiger partial charge on any atom is 0.246 e. The summed E-state index contributed by atoms with van der Waals surface area (Å²) in [5, 5.41) is 7.11. The predicted molar refractivity (Wildman–Crippen MR) is 70.6 cm³/mol. The van der Waals surface area contributed by atoms with E-state index in [0.717, 1.165) is 11.3 Å². The highest BCUT2D eigenvalue weighted by Gasteiger charge is 2.41. The molecule has 19 heavy (non-hydrogen) atoms. The summed E-state index contributed by atoms with van der Waals surface area (Å²) in [6, 6.07) is 0. The summed E-state index contributed by atoms with van der Waals surface area (Å²) in [6.45, 7) is 6.02. The van der Waals surface area contributed by atoms with Crippen LogP contribution in [0.15, 0.2) is 0 Å². The summed E-state index contributed by atoms with van der Waals surface area (Å²) in [6.07, 6.45) is 0. The second kappa shape index (κ2) is 4.61. The average molecular weight is 285 g/mol. The molecule has 1 aliphatic heterocycles. The Hall–Kier alpha value is -1.40. The second-order valence-electron chi connectivity index (χ2n) is 5.27. The molecule has 1 fully saturated rings. The van der Waals surface area contributed by atoms with Crippen molar-refractivity contribution < 1.29 is 9.59 Å². The Bertz CT molecular complexity index is 550. The van der Waals surface area contributed by atoms with Gasteiger partial charge in [-0.1, -0.05) is 11.6 Å². The molecular weight excluding hydrogens is 268 g/mol. The van der Waals surface area contributed by atoms with Gasteiger partial charge in [0.1, 0.15) is 5.15 Å². The summed E-state index contributed by atoms with van der Waals surface area (Å²) in [7, 11) is 1.76. The molecule has 0 unspecified atom stereocenters. The Kier molecular flexibility index (Phi) is 3.40. The Morgan fingerprint density at radius 2 is 2.05 bits per heavy atom. The van der Waals surface area contributed by atoms with Gasteiger partial charge in [0.05, 0.1) is 17.8 Å². The Morgan fingerprint density at radius 1 is 1.42 bits per heavy atom. The fourth-order valence-electron chi connectivity index (χ4n) is 2.13. The van der Waals surface area contributed by atoms with Gasteiger partial charge in [0.15, 0.2) is 0 Å². The van der Waals surface area contributed by atoms with Gasteiger partial charge < -0.3 is 0 Å². The maximum atomic E-state index is 11.9. The van der Waals surface area contributed by atoms with Gasteiger partial charge in [0.25, 0.3) is 0 Å². The maximum absolute atomic E-state index is 11.9. The van der Waals surface area contributed by atoms with Crippen LogP contribution in [0.4, 0.5) is 0 Å². The largest absolute Gasteiger partial charge is 0.294 e. The van der Waals surface area contributed by atoms with E-state index in [2.05, 4.69) is 10.4 Å². The molecule has 0 spiro atoms. The zero-order valence-electron chi connectivity index (χ0n) is 11.5. The number of aromatic nitrogens is 2. The van der Waals surface area contributed by atoms with Crippen molar-refractivity contribution in [2.75, 3.05) is 6.54 Å². The highest BCUT2D eigenvalue weighted by atomic mass is 35.5. The summed E-state index contributed by atoms with van der Waals surface area (Å²) < 4.78 is 1.59. The van der Waals surface area contributed by atoms with Crippen molar-refractivity contribution >= 4 is 23.4 Å². The van der Waals surface area contributed by atoms with Gasteiger partial charge in [-0.15, -0.1) is 0 Å². The normalized spacial score (nSPS) is 19.6. The number of hydrogen-bond donors (Lipinski definition) is 1. The molecular formula is C12H17ClN4O2. The number of piperazine rings is 1. The van der Waals surface area contributed by atoms with E-state index >= 15 is 0 Å². The molecule has 0 saturated carbocycles. The lowest BCUT2D eigenvalue weighted by Crippen LogP contribution is -2.63. The lowest BCUT2D eigenvalue weighted by atomic mass is 9.98. The van der Waals surface area contributed by atoms with Crippen molar-refractivity contribution in [3.63, 3.8) is 0 Å². The fraction of sp³-hybridized carbons (Fsp3) is 0.583. The first-order valence-corrected chi connectivity index (χ1v) is 6.38. The van der Waals surface area contributed by atoms with E-state index in [1.165, 1.54) is 0 Å². The molecule has 0 bridgehead atoms. The Balaban J connectivity index is 2.31. The predicted octanol–water partition coefficient (Wildman–Crippen LogP) is 0.619. The first-order chi connectivity index (χ1) is 8.73. The molecule has 6 nitrogen and oxygen atoms in total. The van der Waals surface area contributed by atoms with Crippen molar-refractivity contribution in [1.82, 2.24) is 20.0 Å². The average Bonchev–Trinajstić information content (AvgIpc) is 2.52. The topological polar surface area (TPSA) is 67.2 Å². The van der Waals surface area contributed by atoms with Crippen LogP contribution < -0.4 is 5.32 Å². The van der Waals surface area contributed by atoms with Crippen molar-refractivity contribution in [3.8, 4) is 0 Å². The van der Waals surface area contributed by atoms with E-state index in [0.29, 0.717) is 11.7 Å². The quantitative estimate of drug-likeness (QED) is 0.809. The zero-order chi connectivity index (χ0) is 14.4. The van der Waals surface area contributed by atoms with Crippen LogP contribution in [0.2, 0.25) is 5.15 Å². The minimum Gasteiger partial charge on any atom is -0.294 e.